The number of anilines is 1. The number of hydrogen-bond donors (Lipinski definition) is 1. The molecule has 0 aliphatic carbocycles. The minimum absolute atomic E-state index is 0.0610. The number of halogens is 1. The topological polar surface area (TPSA) is 74.7 Å². The van der Waals surface area contributed by atoms with E-state index in [1.165, 1.54) is 11.0 Å². The lowest BCUT2D eigenvalue weighted by atomic mass is 10.1. The van der Waals surface area contributed by atoms with Crippen molar-refractivity contribution in [3.8, 4) is 0 Å². The van der Waals surface area contributed by atoms with E-state index in [1.54, 1.807) is 19.1 Å². The van der Waals surface area contributed by atoms with Crippen LogP contribution in [0.4, 0.5) is 5.69 Å². The standard InChI is InChI=1S/C13H10ClNO4/c1-7(4-11(16)17)6-15-10-3-2-8(14)5-9(10)12(18)13(15)19/h2-5H,6H2,1H3,(H,16,17)/b7-4+. The van der Waals surface area contributed by atoms with Gasteiger partial charge in [0.15, 0.2) is 0 Å². The Hall–Kier alpha value is -2.14. The van der Waals surface area contributed by atoms with E-state index >= 15 is 0 Å². The molecule has 2 rings (SSSR count). The second-order valence-corrected chi connectivity index (χ2v) is 4.65. The molecule has 1 aliphatic rings. The maximum absolute atomic E-state index is 11.9. The SMILES string of the molecule is C/C(=C\C(=O)O)CN1C(=O)C(=O)c2cc(Cl)ccc21. The summed E-state index contributed by atoms with van der Waals surface area (Å²) in [5, 5.41) is 9.02. The molecule has 0 spiro atoms. The summed E-state index contributed by atoms with van der Waals surface area (Å²) in [6, 6.07) is 4.59. The quantitative estimate of drug-likeness (QED) is 0.677. The average Bonchev–Trinajstić information content (AvgIpc) is 2.53. The van der Waals surface area contributed by atoms with Crippen molar-refractivity contribution < 1.29 is 19.5 Å². The van der Waals surface area contributed by atoms with Crippen LogP contribution in [0.15, 0.2) is 29.8 Å². The van der Waals surface area contributed by atoms with Gasteiger partial charge >= 0.3 is 5.97 Å². The summed E-state index contributed by atoms with van der Waals surface area (Å²) >= 11 is 5.79. The molecule has 0 fully saturated rings. The van der Waals surface area contributed by atoms with Crippen molar-refractivity contribution in [3.05, 3.63) is 40.4 Å². The van der Waals surface area contributed by atoms with Crippen LogP contribution in [0.25, 0.3) is 0 Å². The highest BCUT2D eigenvalue weighted by Gasteiger charge is 2.35. The lowest BCUT2D eigenvalue weighted by molar-refractivity contribution is -0.131. The van der Waals surface area contributed by atoms with Crippen LogP contribution in [0.5, 0.6) is 0 Å². The molecule has 1 aromatic carbocycles. The van der Waals surface area contributed by atoms with Gasteiger partial charge < -0.3 is 10.0 Å². The Balaban J connectivity index is 2.37. The van der Waals surface area contributed by atoms with Crippen LogP contribution in [0.3, 0.4) is 0 Å². The number of rotatable bonds is 3. The number of hydrogen-bond acceptors (Lipinski definition) is 3. The number of benzene rings is 1. The highest BCUT2D eigenvalue weighted by Crippen LogP contribution is 2.31. The van der Waals surface area contributed by atoms with Crippen LogP contribution in [0.2, 0.25) is 5.02 Å². The van der Waals surface area contributed by atoms with Crippen LogP contribution in [-0.2, 0) is 9.59 Å². The Morgan fingerprint density at radius 2 is 2.11 bits per heavy atom. The molecule has 5 nitrogen and oxygen atoms in total. The smallest absolute Gasteiger partial charge is 0.328 e. The first kappa shape index (κ1) is 13.3. The first-order valence-corrected chi connectivity index (χ1v) is 5.84. The number of carboxylic acids is 1. The molecular weight excluding hydrogens is 270 g/mol. The van der Waals surface area contributed by atoms with Gasteiger partial charge in [0.25, 0.3) is 11.7 Å². The number of carboxylic acid groups (broad SMARTS) is 1. The Morgan fingerprint density at radius 1 is 1.42 bits per heavy atom. The molecule has 0 bridgehead atoms. The van der Waals surface area contributed by atoms with Crippen molar-refractivity contribution in [2.75, 3.05) is 11.4 Å². The third kappa shape index (κ3) is 2.51. The molecule has 0 saturated heterocycles. The van der Waals surface area contributed by atoms with Gasteiger partial charge in [0.2, 0.25) is 0 Å². The Kier molecular flexibility index (Phi) is 3.40. The fraction of sp³-hybridized carbons (Fsp3) is 0.154. The van der Waals surface area contributed by atoms with Gasteiger partial charge in [-0.2, -0.15) is 0 Å². The summed E-state index contributed by atoms with van der Waals surface area (Å²) in [7, 11) is 0. The molecule has 0 atom stereocenters. The van der Waals surface area contributed by atoms with Crippen LogP contribution >= 0.6 is 11.6 Å². The number of carbonyl (C=O) groups is 3. The molecule has 1 N–H and O–H groups in total. The molecule has 0 saturated carbocycles. The zero-order valence-corrected chi connectivity index (χ0v) is 10.8. The maximum Gasteiger partial charge on any atom is 0.328 e. The van der Waals surface area contributed by atoms with Crippen LogP contribution in [0.1, 0.15) is 17.3 Å². The lowest BCUT2D eigenvalue weighted by Crippen LogP contribution is -2.31. The number of ketones is 1. The highest BCUT2D eigenvalue weighted by molar-refractivity contribution is 6.52. The molecule has 1 aromatic rings. The van der Waals surface area contributed by atoms with Gasteiger partial charge in [0, 0.05) is 17.6 Å². The fourth-order valence-corrected chi connectivity index (χ4v) is 2.11. The molecule has 0 radical (unpaired) electrons. The molecular formula is C13H10ClNO4. The van der Waals surface area contributed by atoms with E-state index in [4.69, 9.17) is 16.7 Å². The van der Waals surface area contributed by atoms with Crippen molar-refractivity contribution in [1.82, 2.24) is 0 Å². The second kappa shape index (κ2) is 4.85. The monoisotopic (exact) mass is 279 g/mol. The van der Waals surface area contributed by atoms with Crippen LogP contribution < -0.4 is 4.90 Å². The lowest BCUT2D eigenvalue weighted by Gasteiger charge is -2.16. The Bertz CT molecular complexity index is 621. The first-order valence-electron chi connectivity index (χ1n) is 5.46. The van der Waals surface area contributed by atoms with E-state index in [2.05, 4.69) is 0 Å². The average molecular weight is 280 g/mol. The van der Waals surface area contributed by atoms with Gasteiger partial charge in [-0.1, -0.05) is 11.6 Å². The Labute approximate surface area is 114 Å². The number of amides is 1. The van der Waals surface area contributed by atoms with Gasteiger partial charge in [0.05, 0.1) is 11.3 Å². The number of carbonyl (C=O) groups excluding carboxylic acids is 2. The number of Topliss-reactive ketones (excluding diaryl/α,β-unsaturated/α-hetero) is 1. The van der Waals surface area contributed by atoms with Gasteiger partial charge in [-0.25, -0.2) is 4.79 Å². The highest BCUT2D eigenvalue weighted by atomic mass is 35.5. The van der Waals surface area contributed by atoms with Crippen molar-refractivity contribution in [2.45, 2.75) is 6.92 Å². The van der Waals surface area contributed by atoms with Gasteiger partial charge in [-0.15, -0.1) is 0 Å². The molecule has 1 aliphatic heterocycles. The van der Waals surface area contributed by atoms with E-state index in [0.717, 1.165) is 6.08 Å². The largest absolute Gasteiger partial charge is 0.478 e. The van der Waals surface area contributed by atoms with Crippen LogP contribution in [0, 0.1) is 0 Å². The number of aliphatic carboxylic acids is 1. The predicted octanol–water partition coefficient (Wildman–Crippen LogP) is 1.90. The summed E-state index contributed by atoms with van der Waals surface area (Å²) in [6.07, 6.45) is 1.01. The first-order chi connectivity index (χ1) is 8.90. The van der Waals surface area contributed by atoms with Crippen molar-refractivity contribution >= 4 is 34.9 Å². The molecule has 1 amide bonds. The van der Waals surface area contributed by atoms with E-state index in [9.17, 15) is 14.4 Å². The van der Waals surface area contributed by atoms with Crippen LogP contribution in [-0.4, -0.2) is 29.3 Å². The summed E-state index contributed by atoms with van der Waals surface area (Å²) in [4.78, 5) is 35.4. The summed E-state index contributed by atoms with van der Waals surface area (Å²) in [5.74, 6) is -2.39. The van der Waals surface area contributed by atoms with E-state index in [0.29, 0.717) is 16.3 Å². The van der Waals surface area contributed by atoms with Crippen molar-refractivity contribution in [2.24, 2.45) is 0 Å². The maximum atomic E-state index is 11.9. The van der Waals surface area contributed by atoms with Crippen molar-refractivity contribution in [1.29, 1.82) is 0 Å². The van der Waals surface area contributed by atoms with Gasteiger partial charge in [0.1, 0.15) is 0 Å². The zero-order chi connectivity index (χ0) is 14.2. The number of fused-ring (bicyclic) bond motifs is 1. The van der Waals surface area contributed by atoms with E-state index < -0.39 is 17.7 Å². The third-order valence-corrected chi connectivity index (χ3v) is 2.95. The molecule has 6 heteroatoms. The summed E-state index contributed by atoms with van der Waals surface area (Å²) in [6.45, 7) is 1.64. The number of nitrogens with zero attached hydrogens (tertiary/aromatic N) is 1. The van der Waals surface area contributed by atoms with Gasteiger partial charge in [-0.3, -0.25) is 9.59 Å². The van der Waals surface area contributed by atoms with E-state index in [-0.39, 0.29) is 12.1 Å². The summed E-state index contributed by atoms with van der Waals surface area (Å²) < 4.78 is 0. The molecule has 1 heterocycles. The normalized spacial score (nSPS) is 14.8. The molecule has 0 unspecified atom stereocenters. The minimum atomic E-state index is -1.09. The van der Waals surface area contributed by atoms with Gasteiger partial charge in [-0.05, 0) is 30.7 Å². The summed E-state index contributed by atoms with van der Waals surface area (Å²) in [5.41, 5.74) is 1.18. The molecule has 98 valence electrons. The van der Waals surface area contributed by atoms with Crippen molar-refractivity contribution in [3.63, 3.8) is 0 Å². The fourth-order valence-electron chi connectivity index (χ4n) is 1.94. The third-order valence-electron chi connectivity index (χ3n) is 2.71. The predicted molar refractivity (Wildman–Crippen MR) is 69.5 cm³/mol. The molecule has 19 heavy (non-hydrogen) atoms. The second-order valence-electron chi connectivity index (χ2n) is 4.21. The molecule has 0 aromatic heterocycles. The van der Waals surface area contributed by atoms with E-state index in [1.807, 2.05) is 0 Å². The Morgan fingerprint density at radius 3 is 2.74 bits per heavy atom. The zero-order valence-electron chi connectivity index (χ0n) is 10.0. The minimum Gasteiger partial charge on any atom is -0.478 e.